The average Bonchev–Trinajstić information content (AvgIpc) is 3.61. The van der Waals surface area contributed by atoms with Crippen LogP contribution >= 0.6 is 0 Å². The van der Waals surface area contributed by atoms with Crippen LogP contribution in [0, 0.1) is 0 Å². The summed E-state index contributed by atoms with van der Waals surface area (Å²) in [6.45, 7) is 2.83. The lowest BCUT2D eigenvalue weighted by molar-refractivity contribution is -0.141. The maximum absolute atomic E-state index is 13.1. The quantitative estimate of drug-likeness (QED) is 0.410. The maximum atomic E-state index is 13.1. The van der Waals surface area contributed by atoms with Crippen LogP contribution in [0.2, 0.25) is 0 Å². The molecule has 0 N–H and O–H groups in total. The number of morpholine rings is 1. The first kappa shape index (κ1) is 23.5. The third-order valence-electron chi connectivity index (χ3n) is 6.58. The highest BCUT2D eigenvalue weighted by atomic mass is 19.4. The van der Waals surface area contributed by atoms with E-state index < -0.39 is 17.4 Å². The average molecular weight is 512 g/mol. The van der Waals surface area contributed by atoms with Crippen molar-refractivity contribution in [1.29, 1.82) is 0 Å². The Kier molecular flexibility index (Phi) is 5.48. The van der Waals surface area contributed by atoms with Crippen LogP contribution in [-0.4, -0.2) is 53.7 Å². The van der Waals surface area contributed by atoms with Crippen molar-refractivity contribution in [2.75, 3.05) is 18.0 Å². The van der Waals surface area contributed by atoms with Gasteiger partial charge in [-0.15, -0.1) is 0 Å². The summed E-state index contributed by atoms with van der Waals surface area (Å²) in [5.74, 6) is 0.278. The van der Waals surface area contributed by atoms with Crippen molar-refractivity contribution in [2.24, 2.45) is 7.05 Å². The Labute approximate surface area is 208 Å². The standard InChI is InChI=1S/C24H23F3N8O2/c1-13-10-34(12-18(37-13)15-8-30-35(11-15)16-4-5-16)23-31-20(14-3-6-19(28-7-14)24(25,26)27)17-9-29-33(2)22(36)21(17)32-23/h3,6-9,11,13,16,18H,4-5,10,12H2,1-2H3/t13-,18+/m1/s1. The number of nitrogens with zero attached hydrogens (tertiary/aromatic N) is 8. The van der Waals surface area contributed by atoms with Gasteiger partial charge in [0.25, 0.3) is 5.56 Å². The highest BCUT2D eigenvalue weighted by Gasteiger charge is 2.33. The van der Waals surface area contributed by atoms with E-state index in [0.717, 1.165) is 35.4 Å². The molecule has 1 aliphatic carbocycles. The van der Waals surface area contributed by atoms with E-state index >= 15 is 0 Å². The zero-order chi connectivity index (χ0) is 25.9. The Balaban J connectivity index is 1.42. The first-order valence-electron chi connectivity index (χ1n) is 11.9. The number of alkyl halides is 3. The fourth-order valence-corrected chi connectivity index (χ4v) is 4.51. The molecule has 0 bridgehead atoms. The van der Waals surface area contributed by atoms with Crippen LogP contribution in [-0.2, 0) is 18.0 Å². The maximum Gasteiger partial charge on any atom is 0.433 e. The van der Waals surface area contributed by atoms with Gasteiger partial charge in [0.2, 0.25) is 5.95 Å². The van der Waals surface area contributed by atoms with Crippen LogP contribution in [0.4, 0.5) is 19.1 Å². The summed E-state index contributed by atoms with van der Waals surface area (Å²) in [5.41, 5.74) is 0.210. The summed E-state index contributed by atoms with van der Waals surface area (Å²) in [7, 11) is 1.51. The molecule has 6 rings (SSSR count). The third-order valence-corrected chi connectivity index (χ3v) is 6.58. The van der Waals surface area contributed by atoms with Crippen LogP contribution < -0.4 is 10.5 Å². The van der Waals surface area contributed by atoms with Crippen molar-refractivity contribution in [2.45, 2.75) is 44.2 Å². The van der Waals surface area contributed by atoms with Crippen LogP contribution in [0.1, 0.15) is 43.2 Å². The number of anilines is 1. The Morgan fingerprint density at radius 2 is 1.86 bits per heavy atom. The van der Waals surface area contributed by atoms with Gasteiger partial charge < -0.3 is 9.64 Å². The molecule has 0 aromatic carbocycles. The minimum atomic E-state index is -4.57. The Bertz CT molecular complexity index is 1530. The number of hydrogen-bond acceptors (Lipinski definition) is 8. The Morgan fingerprint density at radius 3 is 2.57 bits per heavy atom. The minimum Gasteiger partial charge on any atom is -0.367 e. The lowest BCUT2D eigenvalue weighted by Crippen LogP contribution is -2.43. The number of halogens is 3. The van der Waals surface area contributed by atoms with E-state index in [0.29, 0.717) is 30.1 Å². The summed E-state index contributed by atoms with van der Waals surface area (Å²) in [6, 6.07) is 2.62. The molecule has 0 radical (unpaired) electrons. The van der Waals surface area contributed by atoms with Crippen molar-refractivity contribution < 1.29 is 17.9 Å². The molecule has 1 saturated carbocycles. The zero-order valence-electron chi connectivity index (χ0n) is 20.1. The van der Waals surface area contributed by atoms with Gasteiger partial charge in [-0.3, -0.25) is 14.5 Å². The fourth-order valence-electron chi connectivity index (χ4n) is 4.51. The molecule has 10 nitrogen and oxygen atoms in total. The van der Waals surface area contributed by atoms with Crippen molar-refractivity contribution in [3.63, 3.8) is 0 Å². The molecule has 5 heterocycles. The second-order valence-electron chi connectivity index (χ2n) is 9.46. The second-order valence-corrected chi connectivity index (χ2v) is 9.46. The summed E-state index contributed by atoms with van der Waals surface area (Å²) < 4.78 is 48.5. The third kappa shape index (κ3) is 4.43. The van der Waals surface area contributed by atoms with E-state index in [1.807, 2.05) is 22.7 Å². The predicted octanol–water partition coefficient (Wildman–Crippen LogP) is 3.30. The molecular formula is C24H23F3N8O2. The van der Waals surface area contributed by atoms with Crippen LogP contribution in [0.5, 0.6) is 0 Å². The molecule has 1 aliphatic heterocycles. The molecule has 4 aromatic heterocycles. The largest absolute Gasteiger partial charge is 0.433 e. The topological polar surface area (TPSA) is 104 Å². The lowest BCUT2D eigenvalue weighted by Gasteiger charge is -2.36. The molecule has 192 valence electrons. The molecule has 2 aliphatic rings. The Morgan fingerprint density at radius 1 is 1.05 bits per heavy atom. The van der Waals surface area contributed by atoms with E-state index in [2.05, 4.69) is 20.2 Å². The number of rotatable bonds is 4. The second kappa shape index (κ2) is 8.61. The molecule has 4 aromatic rings. The number of fused-ring (bicyclic) bond motifs is 1. The van der Waals surface area contributed by atoms with Gasteiger partial charge in [-0.25, -0.2) is 14.6 Å². The molecule has 1 saturated heterocycles. The summed E-state index contributed by atoms with van der Waals surface area (Å²) in [6.07, 6.45) is 3.55. The van der Waals surface area contributed by atoms with E-state index in [-0.39, 0.29) is 29.4 Å². The number of aromatic nitrogens is 7. The molecule has 2 atom stereocenters. The summed E-state index contributed by atoms with van der Waals surface area (Å²) >= 11 is 0. The molecule has 2 fully saturated rings. The van der Waals surface area contributed by atoms with E-state index in [9.17, 15) is 18.0 Å². The highest BCUT2D eigenvalue weighted by molar-refractivity contribution is 5.91. The van der Waals surface area contributed by atoms with Crippen molar-refractivity contribution in [3.05, 3.63) is 58.5 Å². The van der Waals surface area contributed by atoms with Gasteiger partial charge in [-0.1, -0.05) is 0 Å². The van der Waals surface area contributed by atoms with Gasteiger partial charge in [0.1, 0.15) is 17.3 Å². The minimum absolute atomic E-state index is 0.120. The van der Waals surface area contributed by atoms with Crippen molar-refractivity contribution in [3.8, 4) is 11.3 Å². The van der Waals surface area contributed by atoms with Gasteiger partial charge in [0, 0.05) is 37.1 Å². The smallest absolute Gasteiger partial charge is 0.367 e. The predicted molar refractivity (Wildman–Crippen MR) is 127 cm³/mol. The van der Waals surface area contributed by atoms with Crippen molar-refractivity contribution in [1.82, 2.24) is 34.5 Å². The van der Waals surface area contributed by atoms with Gasteiger partial charge in [-0.05, 0) is 31.9 Å². The van der Waals surface area contributed by atoms with Gasteiger partial charge in [-0.2, -0.15) is 23.4 Å². The van der Waals surface area contributed by atoms with Crippen LogP contribution in [0.15, 0.2) is 41.7 Å². The first-order chi connectivity index (χ1) is 17.7. The molecule has 0 amide bonds. The number of pyridine rings is 1. The molecule has 0 unspecified atom stereocenters. The SMILES string of the molecule is C[C@@H]1CN(c2nc(-c3ccc(C(F)(F)F)nc3)c3cnn(C)c(=O)c3n2)C[C@@H](c2cnn(C3CC3)c2)O1. The lowest BCUT2D eigenvalue weighted by atomic mass is 10.1. The van der Waals surface area contributed by atoms with E-state index in [1.165, 1.54) is 19.3 Å². The van der Waals surface area contributed by atoms with Gasteiger partial charge in [0.15, 0.2) is 0 Å². The number of aryl methyl sites for hydroxylation is 1. The number of hydrogen-bond donors (Lipinski definition) is 0. The molecular weight excluding hydrogens is 489 g/mol. The first-order valence-corrected chi connectivity index (χ1v) is 11.9. The summed E-state index contributed by atoms with van der Waals surface area (Å²) in [5, 5.41) is 8.85. The summed E-state index contributed by atoms with van der Waals surface area (Å²) in [4.78, 5) is 27.7. The van der Waals surface area contributed by atoms with Crippen LogP contribution in [0.25, 0.3) is 22.2 Å². The van der Waals surface area contributed by atoms with Crippen LogP contribution in [0.3, 0.4) is 0 Å². The fraction of sp³-hybridized carbons (Fsp3) is 0.417. The van der Waals surface area contributed by atoms with Gasteiger partial charge in [0.05, 0.1) is 42.2 Å². The van der Waals surface area contributed by atoms with E-state index in [4.69, 9.17) is 9.72 Å². The van der Waals surface area contributed by atoms with Crippen molar-refractivity contribution >= 4 is 16.9 Å². The normalized spacial score (nSPS) is 20.5. The van der Waals surface area contributed by atoms with Gasteiger partial charge >= 0.3 is 6.18 Å². The highest BCUT2D eigenvalue weighted by Crippen LogP contribution is 2.36. The molecule has 0 spiro atoms. The van der Waals surface area contributed by atoms with E-state index in [1.54, 1.807) is 6.20 Å². The zero-order valence-corrected chi connectivity index (χ0v) is 20.1. The number of ether oxygens (including phenoxy) is 1. The monoisotopic (exact) mass is 512 g/mol. The Hall–Kier alpha value is -3.87. The molecule has 37 heavy (non-hydrogen) atoms. The molecule has 13 heteroatoms.